The Morgan fingerprint density at radius 3 is 1.34 bits per heavy atom. The van der Waals surface area contributed by atoms with E-state index in [0.29, 0.717) is 0 Å². The lowest BCUT2D eigenvalue weighted by atomic mass is 9.79. The van der Waals surface area contributed by atoms with Crippen molar-refractivity contribution in [2.45, 2.75) is 38.5 Å². The van der Waals surface area contributed by atoms with Gasteiger partial charge in [0.05, 0.1) is 11.2 Å². The molecule has 1 heterocycles. The van der Waals surface area contributed by atoms with Crippen molar-refractivity contribution in [2.75, 3.05) is 0 Å². The Balaban J connectivity index is 1.17. The SMILES string of the molecule is CC1(C)c2ccccc2-c2ccc(-c3c4ccccc4c(-c4ccc5c(c4)C(C)(C)c4ccccc4-5)c4cc(-c5nc6ccccc6c6ccccc56)ccc34)cc21. The monoisotopic (exact) mass is 739 g/mol. The van der Waals surface area contributed by atoms with E-state index in [1.54, 1.807) is 0 Å². The summed E-state index contributed by atoms with van der Waals surface area (Å²) in [5.41, 5.74) is 18.9. The molecule has 0 aliphatic heterocycles. The van der Waals surface area contributed by atoms with Crippen LogP contribution in [0, 0.1) is 0 Å². The highest BCUT2D eigenvalue weighted by molar-refractivity contribution is 6.22. The van der Waals surface area contributed by atoms with E-state index < -0.39 is 0 Å². The van der Waals surface area contributed by atoms with Gasteiger partial charge in [-0.2, -0.15) is 0 Å². The highest BCUT2D eigenvalue weighted by Gasteiger charge is 2.37. The number of hydrogen-bond donors (Lipinski definition) is 0. The van der Waals surface area contributed by atoms with Crippen LogP contribution in [0.5, 0.6) is 0 Å². The molecule has 0 spiro atoms. The number of para-hydroxylation sites is 1. The zero-order chi connectivity index (χ0) is 38.9. The first-order chi connectivity index (χ1) is 28.3. The lowest BCUT2D eigenvalue weighted by Gasteiger charge is -2.24. The molecule has 274 valence electrons. The first-order valence-electron chi connectivity index (χ1n) is 20.5. The maximum Gasteiger partial charge on any atom is 0.0788 e. The zero-order valence-corrected chi connectivity index (χ0v) is 33.2. The molecule has 0 atom stereocenters. The molecule has 0 amide bonds. The Bertz CT molecular complexity index is 3400. The first-order valence-corrected chi connectivity index (χ1v) is 20.5. The Labute approximate surface area is 339 Å². The molecule has 0 fully saturated rings. The number of hydrogen-bond acceptors (Lipinski definition) is 1. The molecule has 0 unspecified atom stereocenters. The fourth-order valence-electron chi connectivity index (χ4n) is 10.8. The minimum Gasteiger partial charge on any atom is -0.247 e. The van der Waals surface area contributed by atoms with Crippen LogP contribution in [0.4, 0.5) is 0 Å². The van der Waals surface area contributed by atoms with Gasteiger partial charge in [-0.15, -0.1) is 0 Å². The number of aromatic nitrogens is 1. The molecule has 10 aromatic rings. The smallest absolute Gasteiger partial charge is 0.0788 e. The number of fused-ring (bicyclic) bond motifs is 11. The quantitative estimate of drug-likeness (QED) is 0.130. The van der Waals surface area contributed by atoms with E-state index in [0.717, 1.165) is 16.8 Å². The van der Waals surface area contributed by atoms with Crippen LogP contribution in [-0.2, 0) is 10.8 Å². The summed E-state index contributed by atoms with van der Waals surface area (Å²) in [5, 5.41) is 8.59. The van der Waals surface area contributed by atoms with Gasteiger partial charge in [0, 0.05) is 27.2 Å². The van der Waals surface area contributed by atoms with Crippen LogP contribution in [-0.4, -0.2) is 4.98 Å². The average molecular weight is 740 g/mol. The van der Waals surface area contributed by atoms with Crippen LogP contribution in [0.25, 0.3) is 99.0 Å². The predicted octanol–water partition coefficient (Wildman–Crippen LogP) is 15.3. The molecule has 9 aromatic carbocycles. The maximum absolute atomic E-state index is 5.39. The van der Waals surface area contributed by atoms with Crippen LogP contribution >= 0.6 is 0 Å². The van der Waals surface area contributed by atoms with Crippen LogP contribution in [0.3, 0.4) is 0 Å². The van der Waals surface area contributed by atoms with E-state index in [9.17, 15) is 0 Å². The largest absolute Gasteiger partial charge is 0.247 e. The van der Waals surface area contributed by atoms with Crippen molar-refractivity contribution in [1.29, 1.82) is 0 Å². The summed E-state index contributed by atoms with van der Waals surface area (Å²) in [7, 11) is 0. The fraction of sp³-hybridized carbons (Fsp3) is 0.105. The van der Waals surface area contributed by atoms with Gasteiger partial charge in [0.15, 0.2) is 0 Å². The average Bonchev–Trinajstić information content (AvgIpc) is 3.64. The van der Waals surface area contributed by atoms with E-state index >= 15 is 0 Å². The van der Waals surface area contributed by atoms with Gasteiger partial charge >= 0.3 is 0 Å². The zero-order valence-electron chi connectivity index (χ0n) is 33.2. The van der Waals surface area contributed by atoms with Crippen molar-refractivity contribution in [3.63, 3.8) is 0 Å². The second-order valence-corrected chi connectivity index (χ2v) is 17.4. The van der Waals surface area contributed by atoms with Gasteiger partial charge in [0.25, 0.3) is 0 Å². The predicted molar refractivity (Wildman–Crippen MR) is 246 cm³/mol. The molecule has 2 aliphatic rings. The Morgan fingerprint density at radius 2 is 0.741 bits per heavy atom. The van der Waals surface area contributed by atoms with Gasteiger partial charge in [0.2, 0.25) is 0 Å². The van der Waals surface area contributed by atoms with Gasteiger partial charge in [0.1, 0.15) is 0 Å². The number of pyridine rings is 1. The van der Waals surface area contributed by atoms with Gasteiger partial charge in [-0.25, -0.2) is 4.98 Å². The minimum atomic E-state index is -0.110. The molecule has 2 aliphatic carbocycles. The Hall–Kier alpha value is -6.83. The van der Waals surface area contributed by atoms with E-state index in [1.165, 1.54) is 104 Å². The molecular formula is C57H41N. The topological polar surface area (TPSA) is 12.9 Å². The van der Waals surface area contributed by atoms with Gasteiger partial charge in [-0.1, -0.05) is 179 Å². The standard InChI is InChI=1S/C57H41N/c1-56(2)48-22-12-9-16-38(48)40-28-25-34(32-50(40)56)53-43-19-6-7-20-44(43)54(35-26-29-41-39-17-10-13-23-49(39)57(3,4)51(41)33-35)47-31-36(27-30-45(47)53)55-46-21-8-5-15-37(46)42-18-11-14-24-52(42)58-55/h5-33H,1-4H3. The van der Waals surface area contributed by atoms with Crippen molar-refractivity contribution >= 4 is 43.2 Å². The van der Waals surface area contributed by atoms with E-state index in [1.807, 2.05) is 0 Å². The maximum atomic E-state index is 5.39. The van der Waals surface area contributed by atoms with Crippen molar-refractivity contribution < 1.29 is 0 Å². The third kappa shape index (κ3) is 4.50. The van der Waals surface area contributed by atoms with E-state index in [2.05, 4.69) is 204 Å². The molecule has 0 N–H and O–H groups in total. The third-order valence-corrected chi connectivity index (χ3v) is 13.7. The van der Waals surface area contributed by atoms with Gasteiger partial charge in [-0.3, -0.25) is 0 Å². The summed E-state index contributed by atoms with van der Waals surface area (Å²) in [6, 6.07) is 65.8. The van der Waals surface area contributed by atoms with Crippen molar-refractivity contribution in [3.05, 3.63) is 198 Å². The summed E-state index contributed by atoms with van der Waals surface area (Å²) in [6.07, 6.45) is 0. The van der Waals surface area contributed by atoms with E-state index in [-0.39, 0.29) is 10.8 Å². The number of nitrogens with zero attached hydrogens (tertiary/aromatic N) is 1. The van der Waals surface area contributed by atoms with Crippen molar-refractivity contribution in [1.82, 2.24) is 4.98 Å². The van der Waals surface area contributed by atoms with Crippen molar-refractivity contribution in [2.24, 2.45) is 0 Å². The summed E-state index contributed by atoms with van der Waals surface area (Å²) in [4.78, 5) is 5.39. The highest BCUT2D eigenvalue weighted by atomic mass is 14.7. The van der Waals surface area contributed by atoms with Crippen LogP contribution in [0.2, 0.25) is 0 Å². The summed E-state index contributed by atoms with van der Waals surface area (Å²) in [6.45, 7) is 9.51. The molecule has 0 saturated carbocycles. The second-order valence-electron chi connectivity index (χ2n) is 17.4. The molecule has 1 heteroatoms. The molecule has 0 saturated heterocycles. The Morgan fingerprint density at radius 1 is 0.310 bits per heavy atom. The van der Waals surface area contributed by atoms with Crippen LogP contribution in [0.15, 0.2) is 176 Å². The van der Waals surface area contributed by atoms with Gasteiger partial charge in [-0.05, 0) is 118 Å². The lowest BCUT2D eigenvalue weighted by molar-refractivity contribution is 0.660. The molecule has 1 aromatic heterocycles. The molecule has 1 nitrogen and oxygen atoms in total. The third-order valence-electron chi connectivity index (χ3n) is 13.7. The molecular weight excluding hydrogens is 699 g/mol. The van der Waals surface area contributed by atoms with Crippen LogP contribution in [0.1, 0.15) is 49.9 Å². The summed E-state index contributed by atoms with van der Waals surface area (Å²) in [5.74, 6) is 0. The molecule has 0 radical (unpaired) electrons. The molecule has 0 bridgehead atoms. The lowest BCUT2D eigenvalue weighted by Crippen LogP contribution is -2.15. The number of benzene rings is 9. The second kappa shape index (κ2) is 11.9. The van der Waals surface area contributed by atoms with Crippen LogP contribution < -0.4 is 0 Å². The van der Waals surface area contributed by atoms with Gasteiger partial charge < -0.3 is 0 Å². The summed E-state index contributed by atoms with van der Waals surface area (Å²) >= 11 is 0. The normalized spacial score (nSPS) is 14.5. The molecule has 12 rings (SSSR count). The number of rotatable bonds is 3. The van der Waals surface area contributed by atoms with Crippen molar-refractivity contribution in [3.8, 4) is 55.8 Å². The summed E-state index contributed by atoms with van der Waals surface area (Å²) < 4.78 is 0. The highest BCUT2D eigenvalue weighted by Crippen LogP contribution is 2.53. The Kier molecular flexibility index (Phi) is 6.81. The first kappa shape index (κ1) is 33.3. The van der Waals surface area contributed by atoms with E-state index in [4.69, 9.17) is 4.98 Å². The minimum absolute atomic E-state index is 0.0989. The fourth-order valence-corrected chi connectivity index (χ4v) is 10.8. The molecule has 58 heavy (non-hydrogen) atoms.